The van der Waals surface area contributed by atoms with Crippen molar-refractivity contribution in [3.05, 3.63) is 65.5 Å². The lowest BCUT2D eigenvalue weighted by Crippen LogP contribution is -2.52. The average molecular weight is 385 g/mol. The number of nitrogens with one attached hydrogen (secondary N) is 1. The second kappa shape index (κ2) is 8.95. The summed E-state index contributed by atoms with van der Waals surface area (Å²) in [5, 5.41) is 11.7. The van der Waals surface area contributed by atoms with E-state index in [9.17, 15) is 14.0 Å². The number of aromatic carboxylic acids is 1. The predicted octanol–water partition coefficient (Wildman–Crippen LogP) is 2.67. The molecule has 6 nitrogen and oxygen atoms in total. The monoisotopic (exact) mass is 385 g/mol. The Labute approximate surface area is 163 Å². The molecule has 1 aliphatic heterocycles. The van der Waals surface area contributed by atoms with Crippen LogP contribution in [0.25, 0.3) is 0 Å². The summed E-state index contributed by atoms with van der Waals surface area (Å²) in [5.74, 6) is -1.45. The number of halogens is 1. The van der Waals surface area contributed by atoms with Gasteiger partial charge in [-0.15, -0.1) is 0 Å². The standard InChI is InChI=1S/C21H24FN3O3/c1-15(20(26)23-19-4-2-3-18(22)13-19)25-11-9-24(10-12-25)14-16-5-7-17(8-6-16)21(27)28/h2-8,13,15H,9-12,14H2,1H3,(H,23,26)(H,27,28). The summed E-state index contributed by atoms with van der Waals surface area (Å²) in [4.78, 5) is 27.8. The molecule has 2 aromatic carbocycles. The van der Waals surface area contributed by atoms with E-state index in [-0.39, 0.29) is 23.3 Å². The zero-order chi connectivity index (χ0) is 20.1. The fraction of sp³-hybridized carbons (Fsp3) is 0.333. The third kappa shape index (κ3) is 5.15. The molecule has 2 aromatic rings. The van der Waals surface area contributed by atoms with Crippen molar-refractivity contribution in [3.63, 3.8) is 0 Å². The summed E-state index contributed by atoms with van der Waals surface area (Å²) in [7, 11) is 0. The van der Waals surface area contributed by atoms with Crippen LogP contribution in [0.5, 0.6) is 0 Å². The summed E-state index contributed by atoms with van der Waals surface area (Å²) in [6.45, 7) is 5.75. The van der Waals surface area contributed by atoms with Crippen LogP contribution < -0.4 is 5.32 Å². The number of piperazine rings is 1. The Balaban J connectivity index is 1.48. The molecule has 148 valence electrons. The van der Waals surface area contributed by atoms with Gasteiger partial charge in [0.1, 0.15) is 5.82 Å². The second-order valence-electron chi connectivity index (χ2n) is 6.99. The minimum atomic E-state index is -0.925. The number of carbonyl (C=O) groups excluding carboxylic acids is 1. The van der Waals surface area contributed by atoms with E-state index >= 15 is 0 Å². The predicted molar refractivity (Wildman–Crippen MR) is 105 cm³/mol. The molecule has 0 saturated carbocycles. The molecule has 1 amide bonds. The summed E-state index contributed by atoms with van der Waals surface area (Å²) in [5.41, 5.74) is 1.81. The highest BCUT2D eigenvalue weighted by Gasteiger charge is 2.25. The quantitative estimate of drug-likeness (QED) is 0.800. The zero-order valence-corrected chi connectivity index (χ0v) is 15.8. The van der Waals surface area contributed by atoms with Gasteiger partial charge in [-0.05, 0) is 42.8 Å². The molecule has 1 saturated heterocycles. The van der Waals surface area contributed by atoms with E-state index in [2.05, 4.69) is 15.1 Å². The van der Waals surface area contributed by atoms with E-state index in [4.69, 9.17) is 5.11 Å². The lowest BCUT2D eigenvalue weighted by atomic mass is 10.1. The number of anilines is 1. The number of hydrogen-bond acceptors (Lipinski definition) is 4. The topological polar surface area (TPSA) is 72.9 Å². The molecule has 1 fully saturated rings. The molecule has 1 atom stereocenters. The Bertz CT molecular complexity index is 833. The van der Waals surface area contributed by atoms with Crippen LogP contribution in [0.3, 0.4) is 0 Å². The molecular formula is C21H24FN3O3. The largest absolute Gasteiger partial charge is 0.478 e. The smallest absolute Gasteiger partial charge is 0.335 e. The number of rotatable bonds is 6. The van der Waals surface area contributed by atoms with Gasteiger partial charge in [0.2, 0.25) is 5.91 Å². The highest BCUT2D eigenvalue weighted by molar-refractivity contribution is 5.94. The van der Waals surface area contributed by atoms with Crippen molar-refractivity contribution in [2.45, 2.75) is 19.5 Å². The van der Waals surface area contributed by atoms with E-state index in [1.807, 2.05) is 19.1 Å². The molecule has 7 heteroatoms. The first-order chi connectivity index (χ1) is 13.4. The van der Waals surface area contributed by atoms with E-state index in [0.29, 0.717) is 5.69 Å². The Hall–Kier alpha value is -2.77. The summed E-state index contributed by atoms with van der Waals surface area (Å²) < 4.78 is 13.3. The Morgan fingerprint density at radius 1 is 1.11 bits per heavy atom. The second-order valence-corrected chi connectivity index (χ2v) is 6.99. The van der Waals surface area contributed by atoms with Crippen molar-refractivity contribution in [1.29, 1.82) is 0 Å². The van der Waals surface area contributed by atoms with Crippen LogP contribution in [0.1, 0.15) is 22.8 Å². The maximum absolute atomic E-state index is 13.3. The first-order valence-electron chi connectivity index (χ1n) is 9.27. The molecule has 0 radical (unpaired) electrons. The number of benzene rings is 2. The maximum atomic E-state index is 13.3. The van der Waals surface area contributed by atoms with Crippen LogP contribution in [0.2, 0.25) is 0 Å². The van der Waals surface area contributed by atoms with Gasteiger partial charge in [-0.1, -0.05) is 18.2 Å². The van der Waals surface area contributed by atoms with Crippen molar-refractivity contribution < 1.29 is 19.1 Å². The molecule has 3 rings (SSSR count). The Morgan fingerprint density at radius 3 is 2.39 bits per heavy atom. The van der Waals surface area contributed by atoms with Gasteiger partial charge in [0.05, 0.1) is 11.6 Å². The molecule has 2 N–H and O–H groups in total. The number of amides is 1. The van der Waals surface area contributed by atoms with E-state index < -0.39 is 5.97 Å². The van der Waals surface area contributed by atoms with Gasteiger partial charge in [-0.25, -0.2) is 9.18 Å². The molecule has 1 aliphatic rings. The van der Waals surface area contributed by atoms with Crippen LogP contribution in [-0.4, -0.2) is 59.0 Å². The number of nitrogens with zero attached hydrogens (tertiary/aromatic N) is 2. The van der Waals surface area contributed by atoms with Crippen LogP contribution >= 0.6 is 0 Å². The summed E-state index contributed by atoms with van der Waals surface area (Å²) in [6, 6.07) is 12.5. The lowest BCUT2D eigenvalue weighted by molar-refractivity contribution is -0.121. The third-order valence-corrected chi connectivity index (χ3v) is 5.03. The SMILES string of the molecule is CC(C(=O)Nc1cccc(F)c1)N1CCN(Cc2ccc(C(=O)O)cc2)CC1. The van der Waals surface area contributed by atoms with Gasteiger partial charge in [0.15, 0.2) is 0 Å². The minimum Gasteiger partial charge on any atom is -0.478 e. The molecule has 0 bridgehead atoms. The van der Waals surface area contributed by atoms with Crippen molar-refractivity contribution in [3.8, 4) is 0 Å². The zero-order valence-electron chi connectivity index (χ0n) is 15.8. The van der Waals surface area contributed by atoms with Crippen LogP contribution in [-0.2, 0) is 11.3 Å². The first kappa shape index (κ1) is 20.0. The highest BCUT2D eigenvalue weighted by atomic mass is 19.1. The van der Waals surface area contributed by atoms with Gasteiger partial charge in [-0.2, -0.15) is 0 Å². The van der Waals surface area contributed by atoms with Gasteiger partial charge in [0, 0.05) is 38.4 Å². The molecule has 0 spiro atoms. The normalized spacial score (nSPS) is 16.5. The number of hydrogen-bond donors (Lipinski definition) is 2. The Morgan fingerprint density at radius 2 is 1.79 bits per heavy atom. The maximum Gasteiger partial charge on any atom is 0.335 e. The van der Waals surface area contributed by atoms with E-state index in [0.717, 1.165) is 38.3 Å². The van der Waals surface area contributed by atoms with Crippen LogP contribution in [0.4, 0.5) is 10.1 Å². The van der Waals surface area contributed by atoms with Crippen molar-refractivity contribution >= 4 is 17.6 Å². The van der Waals surface area contributed by atoms with Gasteiger partial charge < -0.3 is 10.4 Å². The van der Waals surface area contributed by atoms with Crippen molar-refractivity contribution in [2.24, 2.45) is 0 Å². The average Bonchev–Trinajstić information content (AvgIpc) is 2.68. The summed E-state index contributed by atoms with van der Waals surface area (Å²) >= 11 is 0. The molecule has 1 heterocycles. The van der Waals surface area contributed by atoms with E-state index in [1.165, 1.54) is 12.1 Å². The highest BCUT2D eigenvalue weighted by Crippen LogP contribution is 2.14. The fourth-order valence-electron chi connectivity index (χ4n) is 3.30. The molecule has 1 unspecified atom stereocenters. The molecule has 0 aliphatic carbocycles. The lowest BCUT2D eigenvalue weighted by Gasteiger charge is -2.37. The van der Waals surface area contributed by atoms with Gasteiger partial charge in [-0.3, -0.25) is 14.6 Å². The molecular weight excluding hydrogens is 361 g/mol. The summed E-state index contributed by atoms with van der Waals surface area (Å²) in [6.07, 6.45) is 0. The number of carboxylic acid groups (broad SMARTS) is 1. The van der Waals surface area contributed by atoms with E-state index in [1.54, 1.807) is 24.3 Å². The van der Waals surface area contributed by atoms with Crippen LogP contribution in [0.15, 0.2) is 48.5 Å². The van der Waals surface area contributed by atoms with Crippen molar-refractivity contribution in [1.82, 2.24) is 9.80 Å². The first-order valence-corrected chi connectivity index (χ1v) is 9.27. The van der Waals surface area contributed by atoms with Crippen LogP contribution in [0, 0.1) is 5.82 Å². The van der Waals surface area contributed by atoms with Crippen molar-refractivity contribution in [2.75, 3.05) is 31.5 Å². The third-order valence-electron chi connectivity index (χ3n) is 5.03. The Kier molecular flexibility index (Phi) is 6.38. The van der Waals surface area contributed by atoms with Gasteiger partial charge in [0.25, 0.3) is 0 Å². The fourth-order valence-corrected chi connectivity index (χ4v) is 3.30. The number of carboxylic acids is 1. The number of carbonyl (C=O) groups is 2. The molecule has 28 heavy (non-hydrogen) atoms. The molecule has 0 aromatic heterocycles. The minimum absolute atomic E-state index is 0.150. The van der Waals surface area contributed by atoms with Gasteiger partial charge >= 0.3 is 5.97 Å².